The van der Waals surface area contributed by atoms with E-state index in [0.29, 0.717) is 28.0 Å². The number of amides is 1. The number of carbonyl (C=O) groups is 1. The van der Waals surface area contributed by atoms with Crippen LogP contribution in [0.1, 0.15) is 26.7 Å². The average Bonchev–Trinajstić information content (AvgIpc) is 3.17. The minimum Gasteiger partial charge on any atom is -0.444 e. The van der Waals surface area contributed by atoms with Gasteiger partial charge in [0.25, 0.3) is 0 Å². The highest BCUT2D eigenvalue weighted by molar-refractivity contribution is 6.30. The highest BCUT2D eigenvalue weighted by Gasteiger charge is 2.21. The van der Waals surface area contributed by atoms with Gasteiger partial charge in [-0.25, -0.2) is 9.78 Å². The first-order valence-corrected chi connectivity index (χ1v) is 9.92. The number of alkyl carbamates (subject to hydrolysis) is 1. The molecule has 1 amide bonds. The van der Waals surface area contributed by atoms with Crippen molar-refractivity contribution in [3.63, 3.8) is 0 Å². The van der Waals surface area contributed by atoms with Gasteiger partial charge in [0.2, 0.25) is 17.6 Å². The van der Waals surface area contributed by atoms with Gasteiger partial charge in [-0.2, -0.15) is 4.98 Å². The predicted molar refractivity (Wildman–Crippen MR) is 113 cm³/mol. The van der Waals surface area contributed by atoms with Gasteiger partial charge in [-0.15, -0.1) is 0 Å². The van der Waals surface area contributed by atoms with Crippen LogP contribution in [-0.2, 0) is 11.2 Å². The normalized spacial score (nSPS) is 12.3. The Balaban J connectivity index is 1.60. The summed E-state index contributed by atoms with van der Waals surface area (Å²) in [5.74, 6) is 1.66. The Morgan fingerprint density at radius 3 is 2.58 bits per heavy atom. The summed E-state index contributed by atoms with van der Waals surface area (Å²) in [5.41, 5.74) is 0.0772. The molecule has 3 rings (SSSR count). The van der Waals surface area contributed by atoms with E-state index in [2.05, 4.69) is 20.4 Å². The summed E-state index contributed by atoms with van der Waals surface area (Å²) < 4.78 is 16.1. The summed E-state index contributed by atoms with van der Waals surface area (Å²) in [7, 11) is 0. The Hall–Kier alpha value is -3.17. The van der Waals surface area contributed by atoms with Crippen LogP contribution in [0, 0.1) is 0 Å². The number of nitrogens with one attached hydrogen (secondary N) is 1. The van der Waals surface area contributed by atoms with E-state index in [1.165, 1.54) is 6.20 Å². The summed E-state index contributed by atoms with van der Waals surface area (Å²) in [5, 5.41) is 16.6. The number of aliphatic hydroxyl groups is 1. The van der Waals surface area contributed by atoms with Crippen LogP contribution < -0.4 is 10.1 Å². The van der Waals surface area contributed by atoms with Gasteiger partial charge in [0, 0.05) is 24.2 Å². The summed E-state index contributed by atoms with van der Waals surface area (Å²) in [4.78, 5) is 20.3. The van der Waals surface area contributed by atoms with Gasteiger partial charge < -0.3 is 24.4 Å². The molecule has 0 saturated heterocycles. The van der Waals surface area contributed by atoms with Crippen molar-refractivity contribution in [3.05, 3.63) is 53.5 Å². The minimum atomic E-state index is -0.638. The largest absolute Gasteiger partial charge is 0.444 e. The van der Waals surface area contributed by atoms with Gasteiger partial charge in [0.05, 0.1) is 17.7 Å². The molecule has 0 spiro atoms. The van der Waals surface area contributed by atoms with Crippen LogP contribution in [0.15, 0.2) is 47.1 Å². The Morgan fingerprint density at radius 1 is 1.23 bits per heavy atom. The van der Waals surface area contributed by atoms with E-state index in [1.54, 1.807) is 57.2 Å². The fourth-order valence-corrected chi connectivity index (χ4v) is 2.63. The predicted octanol–water partition coefficient (Wildman–Crippen LogP) is 4.01. The molecule has 2 aromatic heterocycles. The molecule has 3 aromatic rings. The number of halogens is 1. The molecule has 9 nitrogen and oxygen atoms in total. The average molecular weight is 447 g/mol. The van der Waals surface area contributed by atoms with Crippen molar-refractivity contribution in [2.24, 2.45) is 0 Å². The molecule has 2 heterocycles. The van der Waals surface area contributed by atoms with Crippen molar-refractivity contribution < 1.29 is 23.9 Å². The van der Waals surface area contributed by atoms with Crippen LogP contribution in [0.5, 0.6) is 11.6 Å². The fraction of sp³-hybridized carbons (Fsp3) is 0.333. The molecule has 0 radical (unpaired) electrons. The van der Waals surface area contributed by atoms with Crippen molar-refractivity contribution in [2.45, 2.75) is 38.8 Å². The molecule has 2 N–H and O–H groups in total. The number of benzene rings is 1. The molecule has 164 valence electrons. The van der Waals surface area contributed by atoms with Crippen LogP contribution in [0.3, 0.4) is 0 Å². The molecule has 10 heteroatoms. The standard InChI is InChI=1S/C21H23ClN4O5/c1-21(2,3)30-20(28)24-15(12-27)10-18-25-19(26-31-18)13-4-7-16(8-5-13)29-17-9-6-14(22)11-23-17/h4-9,11,15,27H,10,12H2,1-3H3,(H,24,28)/t15-/m0/s1. The second-order valence-electron chi connectivity index (χ2n) is 7.68. The summed E-state index contributed by atoms with van der Waals surface area (Å²) in [6, 6.07) is 9.81. The maximum absolute atomic E-state index is 11.9. The van der Waals surface area contributed by atoms with E-state index in [1.807, 2.05) is 0 Å². The number of nitrogens with zero attached hydrogens (tertiary/aromatic N) is 3. The third kappa shape index (κ3) is 6.94. The zero-order valence-corrected chi connectivity index (χ0v) is 18.1. The number of hydrogen-bond acceptors (Lipinski definition) is 8. The van der Waals surface area contributed by atoms with Gasteiger partial charge in [0.15, 0.2) is 0 Å². The second-order valence-corrected chi connectivity index (χ2v) is 8.12. The van der Waals surface area contributed by atoms with Gasteiger partial charge in [-0.3, -0.25) is 0 Å². The van der Waals surface area contributed by atoms with E-state index in [4.69, 9.17) is 25.6 Å². The van der Waals surface area contributed by atoms with Gasteiger partial charge in [-0.05, 0) is 51.1 Å². The molecule has 0 aliphatic heterocycles. The number of rotatable bonds is 7. The van der Waals surface area contributed by atoms with Gasteiger partial charge in [-0.1, -0.05) is 16.8 Å². The second kappa shape index (κ2) is 9.76. The Labute approximate surface area is 184 Å². The molecule has 0 bridgehead atoms. The first-order valence-electron chi connectivity index (χ1n) is 9.54. The summed E-state index contributed by atoms with van der Waals surface area (Å²) in [6.07, 6.45) is 1.03. The molecule has 0 unspecified atom stereocenters. The number of pyridine rings is 1. The quantitative estimate of drug-likeness (QED) is 0.558. The lowest BCUT2D eigenvalue weighted by Gasteiger charge is -2.22. The monoisotopic (exact) mass is 446 g/mol. The highest BCUT2D eigenvalue weighted by Crippen LogP contribution is 2.24. The topological polar surface area (TPSA) is 120 Å². The van der Waals surface area contributed by atoms with Crippen molar-refractivity contribution in [3.8, 4) is 23.0 Å². The zero-order valence-electron chi connectivity index (χ0n) is 17.3. The third-order valence-corrected chi connectivity index (χ3v) is 4.09. The van der Waals surface area contributed by atoms with E-state index in [-0.39, 0.29) is 18.9 Å². The van der Waals surface area contributed by atoms with Crippen molar-refractivity contribution in [2.75, 3.05) is 6.61 Å². The first kappa shape index (κ1) is 22.5. The third-order valence-electron chi connectivity index (χ3n) is 3.87. The molecule has 0 fully saturated rings. The number of aromatic nitrogens is 3. The highest BCUT2D eigenvalue weighted by atomic mass is 35.5. The first-order chi connectivity index (χ1) is 14.7. The Bertz CT molecular complexity index is 1000. The van der Waals surface area contributed by atoms with Crippen LogP contribution in [0.25, 0.3) is 11.4 Å². The van der Waals surface area contributed by atoms with Gasteiger partial charge >= 0.3 is 6.09 Å². The van der Waals surface area contributed by atoms with E-state index < -0.39 is 17.7 Å². The van der Waals surface area contributed by atoms with Crippen LogP contribution in [0.4, 0.5) is 4.79 Å². The Kier molecular flexibility index (Phi) is 7.09. The van der Waals surface area contributed by atoms with Crippen molar-refractivity contribution in [1.82, 2.24) is 20.4 Å². The molecule has 1 atom stereocenters. The molecular weight excluding hydrogens is 424 g/mol. The van der Waals surface area contributed by atoms with E-state index in [9.17, 15) is 9.90 Å². The van der Waals surface area contributed by atoms with Gasteiger partial charge in [0.1, 0.15) is 11.4 Å². The molecule has 0 saturated carbocycles. The lowest BCUT2D eigenvalue weighted by atomic mass is 10.2. The van der Waals surface area contributed by atoms with Crippen LogP contribution in [-0.4, -0.2) is 44.6 Å². The maximum atomic E-state index is 11.9. The minimum absolute atomic E-state index is 0.159. The zero-order chi connectivity index (χ0) is 22.4. The van der Waals surface area contributed by atoms with Crippen molar-refractivity contribution >= 4 is 17.7 Å². The van der Waals surface area contributed by atoms with E-state index in [0.717, 1.165) is 0 Å². The lowest BCUT2D eigenvalue weighted by Crippen LogP contribution is -2.42. The lowest BCUT2D eigenvalue weighted by molar-refractivity contribution is 0.0480. The number of hydrogen-bond donors (Lipinski definition) is 2. The SMILES string of the molecule is CC(C)(C)OC(=O)N[C@H](CO)Cc1nc(-c2ccc(Oc3ccc(Cl)cn3)cc2)no1. The Morgan fingerprint density at radius 2 is 1.97 bits per heavy atom. The summed E-state index contributed by atoms with van der Waals surface area (Å²) in [6.45, 7) is 4.97. The smallest absolute Gasteiger partial charge is 0.407 e. The molecule has 0 aliphatic rings. The number of carbonyl (C=O) groups excluding carboxylic acids is 1. The number of aliphatic hydroxyl groups excluding tert-OH is 1. The van der Waals surface area contributed by atoms with Crippen molar-refractivity contribution in [1.29, 1.82) is 0 Å². The van der Waals surface area contributed by atoms with Crippen LogP contribution >= 0.6 is 11.6 Å². The van der Waals surface area contributed by atoms with E-state index >= 15 is 0 Å². The molecule has 31 heavy (non-hydrogen) atoms. The molecular formula is C21H23ClN4O5. The number of ether oxygens (including phenoxy) is 2. The van der Waals surface area contributed by atoms with Crippen LogP contribution in [0.2, 0.25) is 5.02 Å². The molecule has 1 aromatic carbocycles. The fourth-order valence-electron chi connectivity index (χ4n) is 2.52. The summed E-state index contributed by atoms with van der Waals surface area (Å²) >= 11 is 5.81. The maximum Gasteiger partial charge on any atom is 0.407 e. The molecule has 0 aliphatic carbocycles.